The molecule has 2 rings (SSSR count). The van der Waals surface area contributed by atoms with E-state index in [4.69, 9.17) is 0 Å². The molecule has 2 N–H and O–H groups in total. The van der Waals surface area contributed by atoms with Gasteiger partial charge in [-0.2, -0.15) is 0 Å². The predicted molar refractivity (Wildman–Crippen MR) is 76.2 cm³/mol. The van der Waals surface area contributed by atoms with Crippen molar-refractivity contribution < 1.29 is 14.3 Å². The molecule has 0 aliphatic carbocycles. The molecule has 1 atom stereocenters. The van der Waals surface area contributed by atoms with E-state index in [9.17, 15) is 14.3 Å². The Hall–Kier alpha value is -1.46. The van der Waals surface area contributed by atoms with Gasteiger partial charge in [0.05, 0.1) is 12.6 Å². The first kappa shape index (κ1) is 14.9. The van der Waals surface area contributed by atoms with Crippen molar-refractivity contribution in [2.24, 2.45) is 0 Å². The summed E-state index contributed by atoms with van der Waals surface area (Å²) in [5.74, 6) is -0.304. The first-order valence-electron chi connectivity index (χ1n) is 7.09. The van der Waals surface area contributed by atoms with E-state index in [2.05, 4.69) is 12.2 Å². The van der Waals surface area contributed by atoms with Crippen LogP contribution in [0.2, 0.25) is 0 Å². The second-order valence-corrected chi connectivity index (χ2v) is 5.14. The highest BCUT2D eigenvalue weighted by atomic mass is 19.1. The van der Waals surface area contributed by atoms with Crippen molar-refractivity contribution in [1.82, 2.24) is 5.32 Å². The van der Waals surface area contributed by atoms with Crippen molar-refractivity contribution in [2.75, 3.05) is 24.5 Å². The fraction of sp³-hybridized carbons (Fsp3) is 0.533. The lowest BCUT2D eigenvalue weighted by Gasteiger charge is -2.31. The highest BCUT2D eigenvalue weighted by molar-refractivity contribution is 5.96. The summed E-state index contributed by atoms with van der Waals surface area (Å²) in [5.41, 5.74) is 1.55. The van der Waals surface area contributed by atoms with E-state index in [1.807, 2.05) is 0 Å². The van der Waals surface area contributed by atoms with Gasteiger partial charge in [0.2, 0.25) is 5.91 Å². The fourth-order valence-corrected chi connectivity index (χ4v) is 2.45. The van der Waals surface area contributed by atoms with Crippen LogP contribution in [0.4, 0.5) is 10.1 Å². The third-order valence-corrected chi connectivity index (χ3v) is 3.44. The summed E-state index contributed by atoms with van der Waals surface area (Å²) in [6.07, 6.45) is 1.30. The summed E-state index contributed by atoms with van der Waals surface area (Å²) in [4.78, 5) is 13.6. The zero-order valence-corrected chi connectivity index (χ0v) is 11.7. The normalized spacial score (nSPS) is 16.1. The fourth-order valence-electron chi connectivity index (χ4n) is 2.45. The number of anilines is 1. The van der Waals surface area contributed by atoms with Gasteiger partial charge in [-0.05, 0) is 43.1 Å². The number of benzene rings is 1. The Morgan fingerprint density at radius 2 is 2.25 bits per heavy atom. The van der Waals surface area contributed by atoms with Gasteiger partial charge in [-0.25, -0.2) is 4.39 Å². The molecule has 1 aliphatic heterocycles. The van der Waals surface area contributed by atoms with Gasteiger partial charge in [0.15, 0.2) is 0 Å². The number of amides is 1. The summed E-state index contributed by atoms with van der Waals surface area (Å²) in [6.45, 7) is 3.59. The van der Waals surface area contributed by atoms with Gasteiger partial charge in [-0.3, -0.25) is 4.79 Å². The first-order valence-corrected chi connectivity index (χ1v) is 7.09. The lowest BCUT2D eigenvalue weighted by molar-refractivity contribution is -0.119. The van der Waals surface area contributed by atoms with E-state index in [-0.39, 0.29) is 18.3 Å². The maximum absolute atomic E-state index is 13.2. The first-order chi connectivity index (χ1) is 9.61. The molecule has 20 heavy (non-hydrogen) atoms. The molecule has 0 saturated carbocycles. The van der Waals surface area contributed by atoms with E-state index in [0.717, 1.165) is 24.2 Å². The number of β-amino-alcohol motifs (C(OH)–C–C–N with tert-alkyl or cyclic N) is 1. The summed E-state index contributed by atoms with van der Waals surface area (Å²) in [5, 5.41) is 13.1. The Morgan fingerprint density at radius 1 is 1.45 bits per heavy atom. The molecule has 1 aliphatic rings. The topological polar surface area (TPSA) is 52.6 Å². The Morgan fingerprint density at radius 3 is 3.00 bits per heavy atom. The Labute approximate surface area is 118 Å². The standard InChI is InChI=1S/C15H21FN2O2/c1-2-7-17-9-13(19)10-18-14-5-4-12(16)8-11(14)3-6-15(18)20/h4-5,8,13,17,19H,2-3,6-7,9-10H2,1H3. The predicted octanol–water partition coefficient (Wildman–Crippen LogP) is 1.47. The number of fused-ring (bicyclic) bond motifs is 1. The summed E-state index contributed by atoms with van der Waals surface area (Å²) >= 11 is 0. The number of halogens is 1. The number of nitrogens with one attached hydrogen (secondary N) is 1. The van der Waals surface area contributed by atoms with Crippen molar-refractivity contribution in [3.05, 3.63) is 29.6 Å². The number of aliphatic hydroxyl groups is 1. The zero-order valence-electron chi connectivity index (χ0n) is 11.7. The van der Waals surface area contributed by atoms with Crippen LogP contribution in [0.3, 0.4) is 0 Å². The quantitative estimate of drug-likeness (QED) is 0.776. The monoisotopic (exact) mass is 280 g/mol. The highest BCUT2D eigenvalue weighted by Crippen LogP contribution is 2.28. The average Bonchev–Trinajstić information content (AvgIpc) is 2.42. The number of aryl methyl sites for hydroxylation is 1. The Bertz CT molecular complexity index is 479. The van der Waals surface area contributed by atoms with Crippen LogP contribution >= 0.6 is 0 Å². The number of hydrogen-bond acceptors (Lipinski definition) is 3. The summed E-state index contributed by atoms with van der Waals surface area (Å²) < 4.78 is 13.2. The molecule has 1 unspecified atom stereocenters. The van der Waals surface area contributed by atoms with Crippen molar-refractivity contribution in [3.8, 4) is 0 Å². The third kappa shape index (κ3) is 3.55. The lowest BCUT2D eigenvalue weighted by Crippen LogP contribution is -2.43. The number of carbonyl (C=O) groups is 1. The summed E-state index contributed by atoms with van der Waals surface area (Å²) in [6, 6.07) is 4.44. The molecule has 5 heteroatoms. The van der Waals surface area contributed by atoms with Gasteiger partial charge in [0, 0.05) is 18.7 Å². The lowest BCUT2D eigenvalue weighted by atomic mass is 10.0. The molecule has 1 aromatic carbocycles. The number of carbonyl (C=O) groups excluding carboxylic acids is 1. The SMILES string of the molecule is CCCNCC(O)CN1C(=O)CCc2cc(F)ccc21. The maximum atomic E-state index is 13.2. The molecule has 0 aromatic heterocycles. The number of rotatable bonds is 6. The minimum Gasteiger partial charge on any atom is -0.390 e. The molecule has 4 nitrogen and oxygen atoms in total. The van der Waals surface area contributed by atoms with Gasteiger partial charge in [0.25, 0.3) is 0 Å². The summed E-state index contributed by atoms with van der Waals surface area (Å²) in [7, 11) is 0. The smallest absolute Gasteiger partial charge is 0.227 e. The van der Waals surface area contributed by atoms with Crippen molar-refractivity contribution in [2.45, 2.75) is 32.3 Å². The van der Waals surface area contributed by atoms with Crippen LogP contribution in [-0.4, -0.2) is 36.8 Å². The second-order valence-electron chi connectivity index (χ2n) is 5.14. The minimum absolute atomic E-state index is 0.0151. The molecular formula is C15H21FN2O2. The number of aliphatic hydroxyl groups excluding tert-OH is 1. The van der Waals surface area contributed by atoms with Gasteiger partial charge < -0.3 is 15.3 Å². The van der Waals surface area contributed by atoms with Crippen LogP contribution in [0, 0.1) is 5.82 Å². The van der Waals surface area contributed by atoms with Crippen LogP contribution in [-0.2, 0) is 11.2 Å². The molecule has 1 amide bonds. The average molecular weight is 280 g/mol. The van der Waals surface area contributed by atoms with Gasteiger partial charge in [-0.1, -0.05) is 6.92 Å². The molecule has 0 saturated heterocycles. The van der Waals surface area contributed by atoms with E-state index in [0.29, 0.717) is 19.4 Å². The van der Waals surface area contributed by atoms with Crippen molar-refractivity contribution >= 4 is 11.6 Å². The van der Waals surface area contributed by atoms with Crippen LogP contribution in [0.15, 0.2) is 18.2 Å². The van der Waals surface area contributed by atoms with Crippen molar-refractivity contribution in [3.63, 3.8) is 0 Å². The van der Waals surface area contributed by atoms with E-state index in [1.165, 1.54) is 12.1 Å². The third-order valence-electron chi connectivity index (χ3n) is 3.44. The molecule has 1 aromatic rings. The number of nitrogens with zero attached hydrogens (tertiary/aromatic N) is 1. The zero-order chi connectivity index (χ0) is 14.5. The molecule has 0 radical (unpaired) electrons. The van der Waals surface area contributed by atoms with E-state index >= 15 is 0 Å². The molecule has 1 heterocycles. The molecule has 0 spiro atoms. The van der Waals surface area contributed by atoms with Gasteiger partial charge >= 0.3 is 0 Å². The van der Waals surface area contributed by atoms with Crippen LogP contribution in [0.5, 0.6) is 0 Å². The van der Waals surface area contributed by atoms with Crippen LogP contribution < -0.4 is 10.2 Å². The van der Waals surface area contributed by atoms with Gasteiger partial charge in [0.1, 0.15) is 5.82 Å². The minimum atomic E-state index is -0.624. The molecular weight excluding hydrogens is 259 g/mol. The number of hydrogen-bond donors (Lipinski definition) is 2. The van der Waals surface area contributed by atoms with Crippen LogP contribution in [0.1, 0.15) is 25.3 Å². The Kier molecular flexibility index (Phi) is 5.09. The van der Waals surface area contributed by atoms with E-state index in [1.54, 1.807) is 11.0 Å². The van der Waals surface area contributed by atoms with E-state index < -0.39 is 6.10 Å². The molecule has 0 fully saturated rings. The highest BCUT2D eigenvalue weighted by Gasteiger charge is 2.26. The molecule has 0 bridgehead atoms. The van der Waals surface area contributed by atoms with Crippen LogP contribution in [0.25, 0.3) is 0 Å². The Balaban J connectivity index is 2.05. The van der Waals surface area contributed by atoms with Gasteiger partial charge in [-0.15, -0.1) is 0 Å². The maximum Gasteiger partial charge on any atom is 0.227 e. The second kappa shape index (κ2) is 6.81. The largest absolute Gasteiger partial charge is 0.390 e. The van der Waals surface area contributed by atoms with Crippen molar-refractivity contribution in [1.29, 1.82) is 0 Å². The molecule has 110 valence electrons.